The van der Waals surface area contributed by atoms with E-state index in [-0.39, 0.29) is 5.57 Å². The van der Waals surface area contributed by atoms with Crippen molar-refractivity contribution in [3.8, 4) is 0 Å². The molecule has 1 aliphatic carbocycles. The van der Waals surface area contributed by atoms with Crippen molar-refractivity contribution in [3.63, 3.8) is 0 Å². The van der Waals surface area contributed by atoms with Crippen molar-refractivity contribution >= 4 is 41.4 Å². The molecule has 1 aliphatic heterocycles. The molecule has 0 radical (unpaired) electrons. The Morgan fingerprint density at radius 1 is 0.962 bits per heavy atom. The third-order valence-corrected chi connectivity index (χ3v) is 5.46. The van der Waals surface area contributed by atoms with Gasteiger partial charge in [0.25, 0.3) is 5.79 Å². The maximum absolute atomic E-state index is 12.2. The summed E-state index contributed by atoms with van der Waals surface area (Å²) in [6, 6.07) is 10.8. The molecule has 2 aromatic rings. The van der Waals surface area contributed by atoms with Crippen molar-refractivity contribution < 1.29 is 23.5 Å². The van der Waals surface area contributed by atoms with Crippen molar-refractivity contribution in [3.05, 3.63) is 52.8 Å². The molecule has 0 atom stereocenters. The van der Waals surface area contributed by atoms with Crippen LogP contribution in [0.5, 0.6) is 0 Å². The average molecular weight is 391 g/mol. The minimum atomic E-state index is -1.07. The third-order valence-electron chi connectivity index (χ3n) is 4.28. The smallest absolute Gasteiger partial charge is 0.349 e. The molecule has 5 nitrogen and oxygen atoms in total. The van der Waals surface area contributed by atoms with Gasteiger partial charge in [-0.2, -0.15) is 0 Å². The van der Waals surface area contributed by atoms with Crippen LogP contribution in [-0.4, -0.2) is 17.7 Å². The van der Waals surface area contributed by atoms with E-state index >= 15 is 0 Å². The molecule has 1 aromatic carbocycles. The van der Waals surface area contributed by atoms with Crippen molar-refractivity contribution in [2.24, 2.45) is 0 Å². The van der Waals surface area contributed by atoms with Crippen LogP contribution < -0.4 is 0 Å². The molecule has 0 N–H and O–H groups in total. The number of hydrogen-bond donors (Lipinski definition) is 0. The second-order valence-corrected chi connectivity index (χ2v) is 7.68. The van der Waals surface area contributed by atoms with E-state index in [0.29, 0.717) is 28.7 Å². The van der Waals surface area contributed by atoms with Crippen LogP contribution in [0.15, 0.2) is 56.4 Å². The van der Waals surface area contributed by atoms with Gasteiger partial charge in [-0.1, -0.05) is 23.4 Å². The Morgan fingerprint density at radius 3 is 2.27 bits per heavy atom. The van der Waals surface area contributed by atoms with Crippen molar-refractivity contribution in [1.29, 1.82) is 0 Å². The van der Waals surface area contributed by atoms with Crippen LogP contribution in [0.2, 0.25) is 5.02 Å². The summed E-state index contributed by atoms with van der Waals surface area (Å²) in [4.78, 5) is 25.5. The van der Waals surface area contributed by atoms with Gasteiger partial charge < -0.3 is 13.9 Å². The molecule has 26 heavy (non-hydrogen) atoms. The average Bonchev–Trinajstić information content (AvgIpc) is 3.23. The lowest BCUT2D eigenvalue weighted by molar-refractivity contribution is -0.232. The summed E-state index contributed by atoms with van der Waals surface area (Å²) in [6.45, 7) is 0. The first-order valence-corrected chi connectivity index (χ1v) is 9.44. The van der Waals surface area contributed by atoms with Crippen molar-refractivity contribution in [2.75, 3.05) is 0 Å². The second-order valence-electron chi connectivity index (χ2n) is 6.17. The van der Waals surface area contributed by atoms with Crippen LogP contribution in [0.4, 0.5) is 0 Å². The van der Waals surface area contributed by atoms with E-state index in [1.807, 2.05) is 12.1 Å². The highest BCUT2D eigenvalue weighted by Crippen LogP contribution is 2.39. The Bertz CT molecular complexity index is 856. The Labute approximate surface area is 159 Å². The van der Waals surface area contributed by atoms with Gasteiger partial charge in [-0.05, 0) is 49.2 Å². The molecule has 0 bridgehead atoms. The number of benzene rings is 1. The SMILES string of the molecule is O=C1OC2(CCCC2)OC(=O)C1=Cc1ccc(Sc2ccc(Cl)cc2)o1. The standard InChI is InChI=1S/C19H15ClO5S/c20-12-3-6-14(7-4-12)26-16-8-5-13(23-16)11-15-17(21)24-19(25-18(15)22)9-1-2-10-19/h3-8,11H,1-2,9-10H2. The maximum Gasteiger partial charge on any atom is 0.349 e. The van der Waals surface area contributed by atoms with E-state index < -0.39 is 17.7 Å². The maximum atomic E-state index is 12.2. The number of furan rings is 1. The van der Waals surface area contributed by atoms with Gasteiger partial charge in [0.15, 0.2) is 5.09 Å². The van der Waals surface area contributed by atoms with Crippen LogP contribution >= 0.6 is 23.4 Å². The fraction of sp³-hybridized carbons (Fsp3) is 0.263. The zero-order chi connectivity index (χ0) is 18.1. The van der Waals surface area contributed by atoms with Gasteiger partial charge in [0.2, 0.25) is 0 Å². The number of ether oxygens (including phenoxy) is 2. The predicted octanol–water partition coefficient (Wildman–Crippen LogP) is 4.84. The quantitative estimate of drug-likeness (QED) is 0.424. The highest BCUT2D eigenvalue weighted by molar-refractivity contribution is 7.99. The number of rotatable bonds is 3. The van der Waals surface area contributed by atoms with E-state index in [2.05, 4.69) is 0 Å². The lowest BCUT2D eigenvalue weighted by atomic mass is 10.1. The fourth-order valence-electron chi connectivity index (χ4n) is 3.02. The zero-order valence-corrected chi connectivity index (χ0v) is 15.3. The summed E-state index contributed by atoms with van der Waals surface area (Å²) in [5.41, 5.74) is -0.153. The number of carbonyl (C=O) groups excluding carboxylic acids is 2. The van der Waals surface area contributed by atoms with E-state index in [1.54, 1.807) is 24.3 Å². The first-order chi connectivity index (χ1) is 12.5. The van der Waals surface area contributed by atoms with Crippen LogP contribution in [0, 0.1) is 0 Å². The van der Waals surface area contributed by atoms with E-state index in [1.165, 1.54) is 17.8 Å². The molecule has 1 spiro atoms. The molecule has 4 rings (SSSR count). The highest BCUT2D eigenvalue weighted by Gasteiger charge is 2.48. The molecule has 134 valence electrons. The Morgan fingerprint density at radius 2 is 1.62 bits per heavy atom. The third kappa shape index (κ3) is 3.52. The van der Waals surface area contributed by atoms with Gasteiger partial charge in [0.1, 0.15) is 11.3 Å². The largest absolute Gasteiger partial charge is 0.450 e. The molecular weight excluding hydrogens is 376 g/mol. The van der Waals surface area contributed by atoms with Crippen molar-refractivity contribution in [1.82, 2.24) is 0 Å². The molecular formula is C19H15ClO5S. The minimum Gasteiger partial charge on any atom is -0.450 e. The molecule has 0 unspecified atom stereocenters. The predicted molar refractivity (Wildman–Crippen MR) is 95.6 cm³/mol. The summed E-state index contributed by atoms with van der Waals surface area (Å²) in [7, 11) is 0. The number of carbonyl (C=O) groups is 2. The van der Waals surface area contributed by atoms with Gasteiger partial charge in [-0.25, -0.2) is 9.59 Å². The van der Waals surface area contributed by atoms with Gasteiger partial charge in [-0.3, -0.25) is 0 Å². The first-order valence-electron chi connectivity index (χ1n) is 8.25. The van der Waals surface area contributed by atoms with Crippen LogP contribution in [-0.2, 0) is 19.1 Å². The zero-order valence-electron chi connectivity index (χ0n) is 13.7. The van der Waals surface area contributed by atoms with E-state index in [4.69, 9.17) is 25.5 Å². The van der Waals surface area contributed by atoms with Gasteiger partial charge in [0, 0.05) is 28.8 Å². The Kier molecular flexibility index (Phi) is 4.54. The Balaban J connectivity index is 1.50. The molecule has 1 aromatic heterocycles. The van der Waals surface area contributed by atoms with E-state index in [0.717, 1.165) is 17.7 Å². The summed E-state index contributed by atoms with van der Waals surface area (Å²) in [6.07, 6.45) is 4.23. The number of esters is 2. The Hall–Kier alpha value is -2.18. The molecule has 0 amide bonds. The molecule has 2 aliphatic rings. The second kappa shape index (κ2) is 6.85. The van der Waals surface area contributed by atoms with E-state index in [9.17, 15) is 9.59 Å². The normalized spacial score (nSPS) is 18.7. The van der Waals surface area contributed by atoms with Gasteiger partial charge in [0.05, 0.1) is 0 Å². The minimum absolute atomic E-state index is 0.153. The molecule has 2 heterocycles. The molecule has 1 saturated carbocycles. The van der Waals surface area contributed by atoms with Crippen LogP contribution in [0.1, 0.15) is 31.4 Å². The van der Waals surface area contributed by atoms with Crippen molar-refractivity contribution in [2.45, 2.75) is 41.5 Å². The number of hydrogen-bond acceptors (Lipinski definition) is 6. The highest BCUT2D eigenvalue weighted by atomic mass is 35.5. The lowest BCUT2D eigenvalue weighted by Crippen LogP contribution is -2.44. The first kappa shape index (κ1) is 17.2. The fourth-order valence-corrected chi connectivity index (χ4v) is 3.92. The van der Waals surface area contributed by atoms with Crippen LogP contribution in [0.3, 0.4) is 0 Å². The molecule has 2 fully saturated rings. The monoisotopic (exact) mass is 390 g/mol. The van der Waals surface area contributed by atoms with Gasteiger partial charge in [-0.15, -0.1) is 0 Å². The van der Waals surface area contributed by atoms with Gasteiger partial charge >= 0.3 is 11.9 Å². The lowest BCUT2D eigenvalue weighted by Gasteiger charge is -2.32. The summed E-state index contributed by atoms with van der Waals surface area (Å²) in [5, 5.41) is 1.29. The summed E-state index contributed by atoms with van der Waals surface area (Å²) in [5.74, 6) is -2.00. The summed E-state index contributed by atoms with van der Waals surface area (Å²) < 4.78 is 16.5. The van der Waals surface area contributed by atoms with Crippen LogP contribution in [0.25, 0.3) is 6.08 Å². The molecule has 1 saturated heterocycles. The summed E-state index contributed by atoms with van der Waals surface area (Å²) >= 11 is 7.28. The molecule has 7 heteroatoms. The topological polar surface area (TPSA) is 65.7 Å². The number of halogens is 1.